The summed E-state index contributed by atoms with van der Waals surface area (Å²) in [6.07, 6.45) is 1.81. The molecule has 0 aliphatic heterocycles. The van der Waals surface area contributed by atoms with Crippen molar-refractivity contribution in [3.8, 4) is 0 Å². The van der Waals surface area contributed by atoms with Gasteiger partial charge < -0.3 is 19.5 Å². The maximum atomic E-state index is 12.0. The van der Waals surface area contributed by atoms with Gasteiger partial charge in [0.25, 0.3) is 0 Å². The second kappa shape index (κ2) is 9.08. The lowest BCUT2D eigenvalue weighted by atomic mass is 10.2. The van der Waals surface area contributed by atoms with Crippen LogP contribution in [0.4, 0.5) is 11.4 Å². The zero-order chi connectivity index (χ0) is 19.9. The molecule has 2 amide bonds. The Morgan fingerprint density at radius 1 is 0.679 bits per heavy atom. The second-order valence-corrected chi connectivity index (χ2v) is 6.70. The number of carbonyl (C=O) groups excluding carboxylic acids is 2. The van der Waals surface area contributed by atoms with Gasteiger partial charge in [-0.25, -0.2) is 0 Å². The molecule has 3 aromatic rings. The zero-order valence-corrected chi connectivity index (χ0v) is 16.1. The van der Waals surface area contributed by atoms with Crippen LogP contribution in [0.5, 0.6) is 0 Å². The molecule has 6 nitrogen and oxygen atoms in total. The molecule has 0 bridgehead atoms. The topological polar surface area (TPSA) is 84.5 Å². The largest absolute Gasteiger partial charge is 0.466 e. The third-order valence-electron chi connectivity index (χ3n) is 4.24. The van der Waals surface area contributed by atoms with E-state index in [-0.39, 0.29) is 11.8 Å². The Morgan fingerprint density at radius 2 is 1.07 bits per heavy atom. The number of hydrogen-bond donors (Lipinski definition) is 2. The summed E-state index contributed by atoms with van der Waals surface area (Å²) in [7, 11) is 0. The predicted octanol–water partition coefficient (Wildman–Crippen LogP) is 4.63. The number of benzene rings is 1. The highest BCUT2D eigenvalue weighted by Gasteiger charge is 2.08. The van der Waals surface area contributed by atoms with Crippen LogP contribution in [0.1, 0.15) is 35.9 Å². The standard InChI is InChI=1S/C22H24N2O4/c1-15-3-9-19(27-15)11-13-21(25)23-17-5-7-18(8-6-17)24-22(26)14-12-20-10-4-16(2)28-20/h3-10H,11-14H2,1-2H3,(H,23,25)(H,24,26). The minimum absolute atomic E-state index is 0.0837. The summed E-state index contributed by atoms with van der Waals surface area (Å²) in [4.78, 5) is 24.1. The Bertz CT molecular complexity index is 860. The Labute approximate surface area is 163 Å². The summed E-state index contributed by atoms with van der Waals surface area (Å²) in [5, 5.41) is 5.69. The molecule has 0 spiro atoms. The molecule has 0 saturated heterocycles. The molecule has 0 atom stereocenters. The Kier molecular flexibility index (Phi) is 6.32. The van der Waals surface area contributed by atoms with Crippen LogP contribution in [0, 0.1) is 13.8 Å². The van der Waals surface area contributed by atoms with Gasteiger partial charge in [-0.05, 0) is 62.4 Å². The van der Waals surface area contributed by atoms with Crippen molar-refractivity contribution in [1.29, 1.82) is 0 Å². The van der Waals surface area contributed by atoms with E-state index in [1.54, 1.807) is 24.3 Å². The smallest absolute Gasteiger partial charge is 0.224 e. The first-order chi connectivity index (χ1) is 13.5. The number of nitrogens with one attached hydrogen (secondary N) is 2. The van der Waals surface area contributed by atoms with Gasteiger partial charge in [0.2, 0.25) is 11.8 Å². The predicted molar refractivity (Wildman–Crippen MR) is 107 cm³/mol. The molecule has 3 rings (SSSR count). The van der Waals surface area contributed by atoms with E-state index in [1.807, 2.05) is 38.1 Å². The van der Waals surface area contributed by atoms with Gasteiger partial charge in [0.05, 0.1) is 0 Å². The van der Waals surface area contributed by atoms with Crippen molar-refractivity contribution in [3.05, 3.63) is 71.6 Å². The molecule has 6 heteroatoms. The van der Waals surface area contributed by atoms with Crippen molar-refractivity contribution in [1.82, 2.24) is 0 Å². The number of rotatable bonds is 8. The molecular formula is C22H24N2O4. The molecule has 0 saturated carbocycles. The highest BCUT2D eigenvalue weighted by molar-refractivity contribution is 5.93. The zero-order valence-electron chi connectivity index (χ0n) is 16.1. The summed E-state index contributed by atoms with van der Waals surface area (Å²) in [6, 6.07) is 14.6. The number of hydrogen-bond acceptors (Lipinski definition) is 4. The third-order valence-corrected chi connectivity index (χ3v) is 4.24. The molecular weight excluding hydrogens is 356 g/mol. The van der Waals surface area contributed by atoms with Crippen molar-refractivity contribution >= 4 is 23.2 Å². The average molecular weight is 380 g/mol. The molecule has 2 aromatic heterocycles. The van der Waals surface area contributed by atoms with Gasteiger partial charge in [0, 0.05) is 37.1 Å². The average Bonchev–Trinajstić information content (AvgIpc) is 3.28. The van der Waals surface area contributed by atoms with E-state index < -0.39 is 0 Å². The third kappa shape index (κ3) is 5.87. The SMILES string of the molecule is Cc1ccc(CCC(=O)Nc2ccc(NC(=O)CCc3ccc(C)o3)cc2)o1. The van der Waals surface area contributed by atoms with E-state index in [0.717, 1.165) is 23.0 Å². The molecule has 0 fully saturated rings. The monoisotopic (exact) mass is 380 g/mol. The van der Waals surface area contributed by atoms with E-state index in [9.17, 15) is 9.59 Å². The number of anilines is 2. The summed E-state index contributed by atoms with van der Waals surface area (Å²) in [5.41, 5.74) is 1.37. The van der Waals surface area contributed by atoms with Crippen LogP contribution in [0.15, 0.2) is 57.4 Å². The highest BCUT2D eigenvalue weighted by atomic mass is 16.3. The van der Waals surface area contributed by atoms with Crippen LogP contribution in [0.25, 0.3) is 0 Å². The van der Waals surface area contributed by atoms with Crippen molar-refractivity contribution in [2.24, 2.45) is 0 Å². The van der Waals surface area contributed by atoms with Gasteiger partial charge in [-0.15, -0.1) is 0 Å². The van der Waals surface area contributed by atoms with E-state index in [2.05, 4.69) is 10.6 Å². The number of furan rings is 2. The van der Waals surface area contributed by atoms with Crippen LogP contribution < -0.4 is 10.6 Å². The van der Waals surface area contributed by atoms with Gasteiger partial charge in [-0.2, -0.15) is 0 Å². The minimum atomic E-state index is -0.0837. The van der Waals surface area contributed by atoms with Gasteiger partial charge in [-0.3, -0.25) is 9.59 Å². The van der Waals surface area contributed by atoms with Crippen LogP contribution in [-0.4, -0.2) is 11.8 Å². The van der Waals surface area contributed by atoms with E-state index in [1.165, 1.54) is 0 Å². The normalized spacial score (nSPS) is 10.6. The molecule has 2 N–H and O–H groups in total. The lowest BCUT2D eigenvalue weighted by Gasteiger charge is -2.08. The quantitative estimate of drug-likeness (QED) is 0.597. The number of carbonyl (C=O) groups is 2. The van der Waals surface area contributed by atoms with Gasteiger partial charge in [0.1, 0.15) is 23.0 Å². The molecule has 28 heavy (non-hydrogen) atoms. The van der Waals surface area contributed by atoms with Gasteiger partial charge in [-0.1, -0.05) is 0 Å². The number of amides is 2. The summed E-state index contributed by atoms with van der Waals surface area (Å²) in [5.74, 6) is 3.12. The van der Waals surface area contributed by atoms with Crippen LogP contribution in [0.2, 0.25) is 0 Å². The molecule has 146 valence electrons. The summed E-state index contributed by atoms with van der Waals surface area (Å²) >= 11 is 0. The van der Waals surface area contributed by atoms with Crippen LogP contribution in [-0.2, 0) is 22.4 Å². The first-order valence-electron chi connectivity index (χ1n) is 9.28. The first-order valence-corrected chi connectivity index (χ1v) is 9.28. The summed E-state index contributed by atoms with van der Waals surface area (Å²) < 4.78 is 10.9. The number of aryl methyl sites for hydroxylation is 4. The molecule has 0 aliphatic rings. The van der Waals surface area contributed by atoms with Crippen LogP contribution >= 0.6 is 0 Å². The fourth-order valence-electron chi connectivity index (χ4n) is 2.80. The van der Waals surface area contributed by atoms with E-state index in [4.69, 9.17) is 8.83 Å². The molecule has 1 aromatic carbocycles. The maximum Gasteiger partial charge on any atom is 0.224 e. The highest BCUT2D eigenvalue weighted by Crippen LogP contribution is 2.16. The fraction of sp³-hybridized carbons (Fsp3) is 0.273. The Hall–Kier alpha value is -3.28. The second-order valence-electron chi connectivity index (χ2n) is 6.70. The van der Waals surface area contributed by atoms with Crippen molar-refractivity contribution < 1.29 is 18.4 Å². The Balaban J connectivity index is 1.42. The van der Waals surface area contributed by atoms with Crippen molar-refractivity contribution in [2.75, 3.05) is 10.6 Å². The van der Waals surface area contributed by atoms with E-state index >= 15 is 0 Å². The van der Waals surface area contributed by atoms with Crippen molar-refractivity contribution in [2.45, 2.75) is 39.5 Å². The molecule has 0 aliphatic carbocycles. The first kappa shape index (κ1) is 19.5. The maximum absolute atomic E-state index is 12.0. The lowest BCUT2D eigenvalue weighted by Crippen LogP contribution is -2.13. The minimum Gasteiger partial charge on any atom is -0.466 e. The van der Waals surface area contributed by atoms with Gasteiger partial charge >= 0.3 is 0 Å². The molecule has 0 radical (unpaired) electrons. The van der Waals surface area contributed by atoms with Crippen molar-refractivity contribution in [3.63, 3.8) is 0 Å². The fourth-order valence-corrected chi connectivity index (χ4v) is 2.80. The molecule has 2 heterocycles. The van der Waals surface area contributed by atoms with Crippen LogP contribution in [0.3, 0.4) is 0 Å². The lowest BCUT2D eigenvalue weighted by molar-refractivity contribution is -0.117. The Morgan fingerprint density at radius 3 is 1.39 bits per heavy atom. The van der Waals surface area contributed by atoms with Gasteiger partial charge in [0.15, 0.2) is 0 Å². The molecule has 0 unspecified atom stereocenters. The van der Waals surface area contributed by atoms with E-state index in [0.29, 0.717) is 37.1 Å². The summed E-state index contributed by atoms with van der Waals surface area (Å²) in [6.45, 7) is 3.75.